The van der Waals surface area contributed by atoms with Gasteiger partial charge in [-0.05, 0) is 37.6 Å². The topological polar surface area (TPSA) is 39.1 Å². The summed E-state index contributed by atoms with van der Waals surface area (Å²) in [6.07, 6.45) is -1.98. The van der Waals surface area contributed by atoms with Crippen molar-refractivity contribution in [3.8, 4) is 6.07 Å². The summed E-state index contributed by atoms with van der Waals surface area (Å²) in [4.78, 5) is 2.34. The molecule has 1 saturated carbocycles. The molecule has 1 N–H and O–H groups in total. The molecule has 1 aliphatic rings. The summed E-state index contributed by atoms with van der Waals surface area (Å²) >= 11 is 0. The average molecular weight is 297 g/mol. The molecule has 21 heavy (non-hydrogen) atoms. The molecule has 6 heteroatoms. The van der Waals surface area contributed by atoms with Gasteiger partial charge in [0.25, 0.3) is 0 Å². The molecule has 1 aromatic carbocycles. The number of benzene rings is 1. The Morgan fingerprint density at radius 1 is 1.38 bits per heavy atom. The molecule has 0 unspecified atom stereocenters. The largest absolute Gasteiger partial charge is 0.416 e. The molecule has 114 valence electrons. The molecule has 1 aromatic rings. The van der Waals surface area contributed by atoms with E-state index in [-0.39, 0.29) is 5.56 Å². The van der Waals surface area contributed by atoms with Crippen LogP contribution in [0, 0.1) is 11.3 Å². The van der Waals surface area contributed by atoms with E-state index in [0.29, 0.717) is 18.3 Å². The fourth-order valence-electron chi connectivity index (χ4n) is 2.34. The van der Waals surface area contributed by atoms with Crippen molar-refractivity contribution >= 4 is 5.69 Å². The highest BCUT2D eigenvalue weighted by Gasteiger charge is 2.31. The van der Waals surface area contributed by atoms with Crippen LogP contribution in [-0.2, 0) is 6.18 Å². The SMILES string of the molecule is CCN(CCNc1ccc(C(F)(F)F)cc1C#N)C1CC1. The molecule has 0 aromatic heterocycles. The number of halogens is 3. The summed E-state index contributed by atoms with van der Waals surface area (Å²) in [7, 11) is 0. The van der Waals surface area contributed by atoms with E-state index in [1.807, 2.05) is 6.07 Å². The molecule has 0 spiro atoms. The molecule has 2 rings (SSSR count). The zero-order chi connectivity index (χ0) is 15.5. The number of hydrogen-bond acceptors (Lipinski definition) is 3. The van der Waals surface area contributed by atoms with Crippen LogP contribution in [-0.4, -0.2) is 30.6 Å². The highest BCUT2D eigenvalue weighted by atomic mass is 19.4. The Kier molecular flexibility index (Phi) is 4.73. The number of nitrogens with one attached hydrogen (secondary N) is 1. The van der Waals surface area contributed by atoms with E-state index in [0.717, 1.165) is 25.2 Å². The van der Waals surface area contributed by atoms with E-state index in [4.69, 9.17) is 5.26 Å². The first kappa shape index (κ1) is 15.6. The maximum absolute atomic E-state index is 12.6. The lowest BCUT2D eigenvalue weighted by molar-refractivity contribution is -0.137. The maximum Gasteiger partial charge on any atom is 0.416 e. The fourth-order valence-corrected chi connectivity index (χ4v) is 2.34. The molecule has 0 saturated heterocycles. The summed E-state index contributed by atoms with van der Waals surface area (Å²) in [6.45, 7) is 4.50. The Morgan fingerprint density at radius 2 is 2.10 bits per heavy atom. The van der Waals surface area contributed by atoms with Gasteiger partial charge in [0.15, 0.2) is 0 Å². The normalized spacial score (nSPS) is 15.0. The zero-order valence-corrected chi connectivity index (χ0v) is 11.9. The first-order valence-corrected chi connectivity index (χ1v) is 7.05. The number of likely N-dealkylation sites (N-methyl/N-ethyl adjacent to an activating group) is 1. The summed E-state index contributed by atoms with van der Waals surface area (Å²) in [6, 6.07) is 5.69. The zero-order valence-electron chi connectivity index (χ0n) is 11.9. The first-order valence-electron chi connectivity index (χ1n) is 7.05. The van der Waals surface area contributed by atoms with Gasteiger partial charge in [-0.3, -0.25) is 4.90 Å². The third-order valence-corrected chi connectivity index (χ3v) is 3.65. The van der Waals surface area contributed by atoms with Crippen LogP contribution in [0.3, 0.4) is 0 Å². The number of alkyl halides is 3. The van der Waals surface area contributed by atoms with Gasteiger partial charge in [-0.15, -0.1) is 0 Å². The van der Waals surface area contributed by atoms with Gasteiger partial charge in [0, 0.05) is 19.1 Å². The molecule has 3 nitrogen and oxygen atoms in total. The van der Waals surface area contributed by atoms with Gasteiger partial charge >= 0.3 is 6.18 Å². The Hall–Kier alpha value is -1.74. The molecule has 0 atom stereocenters. The summed E-state index contributed by atoms with van der Waals surface area (Å²) in [5.41, 5.74) is -0.311. The lowest BCUT2D eigenvalue weighted by Crippen LogP contribution is -2.31. The Morgan fingerprint density at radius 3 is 2.62 bits per heavy atom. The third-order valence-electron chi connectivity index (χ3n) is 3.65. The van der Waals surface area contributed by atoms with Crippen molar-refractivity contribution < 1.29 is 13.2 Å². The fraction of sp³-hybridized carbons (Fsp3) is 0.533. The quantitative estimate of drug-likeness (QED) is 0.874. The van der Waals surface area contributed by atoms with Crippen LogP contribution in [0.2, 0.25) is 0 Å². The van der Waals surface area contributed by atoms with Crippen molar-refractivity contribution in [3.63, 3.8) is 0 Å². The number of hydrogen-bond donors (Lipinski definition) is 1. The van der Waals surface area contributed by atoms with Crippen molar-refractivity contribution in [1.82, 2.24) is 4.90 Å². The number of nitriles is 1. The van der Waals surface area contributed by atoms with Crippen molar-refractivity contribution in [2.45, 2.75) is 32.0 Å². The van der Waals surface area contributed by atoms with E-state index < -0.39 is 11.7 Å². The van der Waals surface area contributed by atoms with E-state index in [1.165, 1.54) is 18.9 Å². The molecule has 0 bridgehead atoms. The van der Waals surface area contributed by atoms with E-state index in [2.05, 4.69) is 17.1 Å². The van der Waals surface area contributed by atoms with Gasteiger partial charge in [0.05, 0.1) is 16.8 Å². The van der Waals surface area contributed by atoms with Gasteiger partial charge in [0.2, 0.25) is 0 Å². The smallest absolute Gasteiger partial charge is 0.383 e. The van der Waals surface area contributed by atoms with Gasteiger partial charge < -0.3 is 5.32 Å². The van der Waals surface area contributed by atoms with Crippen molar-refractivity contribution in [1.29, 1.82) is 5.26 Å². The molecule has 0 aliphatic heterocycles. The minimum Gasteiger partial charge on any atom is -0.383 e. The van der Waals surface area contributed by atoms with Gasteiger partial charge in [-0.25, -0.2) is 0 Å². The first-order chi connectivity index (χ1) is 9.95. The highest BCUT2D eigenvalue weighted by Crippen LogP contribution is 2.31. The van der Waals surface area contributed by atoms with Crippen LogP contribution in [0.15, 0.2) is 18.2 Å². The maximum atomic E-state index is 12.6. The van der Waals surface area contributed by atoms with E-state index >= 15 is 0 Å². The van der Waals surface area contributed by atoms with Crippen LogP contribution in [0.1, 0.15) is 30.9 Å². The minimum absolute atomic E-state index is 0.0271. The number of nitrogens with zero attached hydrogens (tertiary/aromatic N) is 2. The Bertz CT molecular complexity index is 530. The molecule has 0 heterocycles. The van der Waals surface area contributed by atoms with Crippen LogP contribution >= 0.6 is 0 Å². The van der Waals surface area contributed by atoms with Crippen LogP contribution in [0.25, 0.3) is 0 Å². The van der Waals surface area contributed by atoms with Gasteiger partial charge in [0.1, 0.15) is 6.07 Å². The molecule has 1 fully saturated rings. The lowest BCUT2D eigenvalue weighted by Gasteiger charge is -2.20. The minimum atomic E-state index is -4.42. The lowest BCUT2D eigenvalue weighted by atomic mass is 10.1. The number of anilines is 1. The van der Waals surface area contributed by atoms with Crippen molar-refractivity contribution in [2.75, 3.05) is 25.0 Å². The molecule has 1 aliphatic carbocycles. The highest BCUT2D eigenvalue weighted by molar-refractivity contribution is 5.59. The van der Waals surface area contributed by atoms with Crippen LogP contribution < -0.4 is 5.32 Å². The summed E-state index contributed by atoms with van der Waals surface area (Å²) < 4.78 is 37.8. The number of rotatable bonds is 6. The molecular weight excluding hydrogens is 279 g/mol. The summed E-state index contributed by atoms with van der Waals surface area (Å²) in [5, 5.41) is 12.1. The molecular formula is C15H18F3N3. The monoisotopic (exact) mass is 297 g/mol. The van der Waals surface area contributed by atoms with E-state index in [1.54, 1.807) is 0 Å². The summed E-state index contributed by atoms with van der Waals surface area (Å²) in [5.74, 6) is 0. The second-order valence-corrected chi connectivity index (χ2v) is 5.16. The Balaban J connectivity index is 1.98. The van der Waals surface area contributed by atoms with Crippen molar-refractivity contribution in [3.05, 3.63) is 29.3 Å². The Labute approximate surface area is 122 Å². The second kappa shape index (κ2) is 6.35. The predicted molar refractivity (Wildman–Crippen MR) is 74.9 cm³/mol. The average Bonchev–Trinajstić information content (AvgIpc) is 3.27. The van der Waals surface area contributed by atoms with Crippen LogP contribution in [0.4, 0.5) is 18.9 Å². The second-order valence-electron chi connectivity index (χ2n) is 5.16. The molecule has 0 amide bonds. The molecule has 0 radical (unpaired) electrons. The van der Waals surface area contributed by atoms with Gasteiger partial charge in [-0.1, -0.05) is 6.92 Å². The van der Waals surface area contributed by atoms with E-state index in [9.17, 15) is 13.2 Å². The standard InChI is InChI=1S/C15H18F3N3/c1-2-21(13-4-5-13)8-7-20-14-6-3-12(15(16,17)18)9-11(14)10-19/h3,6,9,13,20H,2,4-5,7-8H2,1H3. The van der Waals surface area contributed by atoms with Gasteiger partial charge in [-0.2, -0.15) is 18.4 Å². The van der Waals surface area contributed by atoms with Crippen molar-refractivity contribution in [2.24, 2.45) is 0 Å². The third kappa shape index (κ3) is 4.11. The van der Waals surface area contributed by atoms with Crippen LogP contribution in [0.5, 0.6) is 0 Å². The predicted octanol–water partition coefficient (Wildman–Crippen LogP) is 3.47.